The maximum Gasteiger partial charge on any atom is 0.251 e. The number of aromatic amines is 1. The van der Waals surface area contributed by atoms with Gasteiger partial charge in [0.25, 0.3) is 5.91 Å². The van der Waals surface area contributed by atoms with E-state index in [9.17, 15) is 9.90 Å². The van der Waals surface area contributed by atoms with Gasteiger partial charge >= 0.3 is 0 Å². The molecule has 1 saturated heterocycles. The third-order valence-electron chi connectivity index (χ3n) is 6.20. The van der Waals surface area contributed by atoms with Crippen LogP contribution >= 0.6 is 23.2 Å². The largest absolute Gasteiger partial charge is 0.490 e. The number of hydrogen-bond acceptors (Lipinski definition) is 4. The second kappa shape index (κ2) is 9.66. The standard InChI is InChI=1S/C27H33Cl2N3O3/c1-15(33)14-35-24-10-16(25(34)30-18-12-26(2,3)32-27(4,5)13-18)6-7-19(24)23-9-17-8-20(28)21(29)11-22(17)31-23/h6-11,15,18,31-33H,12-14H2,1-5H3,(H,30,34). The average molecular weight is 518 g/mol. The van der Waals surface area contributed by atoms with Crippen molar-refractivity contribution in [2.75, 3.05) is 6.61 Å². The van der Waals surface area contributed by atoms with Gasteiger partial charge in [0, 0.05) is 39.1 Å². The molecule has 8 heteroatoms. The molecule has 3 aromatic rings. The molecule has 6 nitrogen and oxygen atoms in total. The van der Waals surface area contributed by atoms with E-state index in [2.05, 4.69) is 43.3 Å². The molecule has 0 saturated carbocycles. The van der Waals surface area contributed by atoms with Gasteiger partial charge in [-0.15, -0.1) is 0 Å². The Kier molecular flexibility index (Phi) is 7.13. The fraction of sp³-hybridized carbons (Fsp3) is 0.444. The zero-order valence-electron chi connectivity index (χ0n) is 20.8. The second-order valence-corrected chi connectivity index (χ2v) is 11.7. The van der Waals surface area contributed by atoms with Crippen LogP contribution < -0.4 is 15.4 Å². The highest BCUT2D eigenvalue weighted by molar-refractivity contribution is 6.42. The lowest BCUT2D eigenvalue weighted by Crippen LogP contribution is -2.62. The fourth-order valence-electron chi connectivity index (χ4n) is 5.18. The third kappa shape index (κ3) is 6.12. The van der Waals surface area contributed by atoms with Crippen LogP contribution in [0.4, 0.5) is 0 Å². The molecule has 0 bridgehead atoms. The lowest BCUT2D eigenvalue weighted by atomic mass is 9.79. The summed E-state index contributed by atoms with van der Waals surface area (Å²) in [6.07, 6.45) is 1.03. The van der Waals surface area contributed by atoms with E-state index in [0.29, 0.717) is 21.4 Å². The molecule has 188 valence electrons. The van der Waals surface area contributed by atoms with Crippen LogP contribution in [0.3, 0.4) is 0 Å². The van der Waals surface area contributed by atoms with Crippen molar-refractivity contribution in [2.24, 2.45) is 0 Å². The van der Waals surface area contributed by atoms with Crippen LogP contribution in [-0.2, 0) is 0 Å². The number of carbonyl (C=O) groups is 1. The van der Waals surface area contributed by atoms with Crippen molar-refractivity contribution in [3.63, 3.8) is 0 Å². The number of aliphatic hydroxyl groups is 1. The SMILES string of the molecule is CC(O)COc1cc(C(=O)NC2CC(C)(C)NC(C)(C)C2)ccc1-c1cc2cc(Cl)c(Cl)cc2[nH]1. The number of fused-ring (bicyclic) bond motifs is 1. The van der Waals surface area contributed by atoms with Gasteiger partial charge in [0.1, 0.15) is 12.4 Å². The number of benzene rings is 2. The maximum atomic E-state index is 13.2. The molecular formula is C27H33Cl2N3O3. The number of hydrogen-bond donors (Lipinski definition) is 4. The Morgan fingerprint density at radius 2 is 1.77 bits per heavy atom. The fourth-order valence-corrected chi connectivity index (χ4v) is 5.52. The van der Waals surface area contributed by atoms with Crippen LogP contribution in [0.5, 0.6) is 5.75 Å². The van der Waals surface area contributed by atoms with E-state index < -0.39 is 6.10 Å². The molecule has 1 aromatic heterocycles. The minimum atomic E-state index is -0.653. The highest BCUT2D eigenvalue weighted by Gasteiger charge is 2.38. The number of carbonyl (C=O) groups excluding carboxylic acids is 1. The number of ether oxygens (including phenoxy) is 1. The van der Waals surface area contributed by atoms with Gasteiger partial charge in [-0.05, 0) is 83.9 Å². The number of nitrogens with one attached hydrogen (secondary N) is 3. The summed E-state index contributed by atoms with van der Waals surface area (Å²) in [7, 11) is 0. The van der Waals surface area contributed by atoms with Gasteiger partial charge in [0.15, 0.2) is 0 Å². The highest BCUT2D eigenvalue weighted by atomic mass is 35.5. The highest BCUT2D eigenvalue weighted by Crippen LogP contribution is 2.36. The van der Waals surface area contributed by atoms with E-state index in [-0.39, 0.29) is 29.6 Å². The Labute approximate surface area is 216 Å². The monoisotopic (exact) mass is 517 g/mol. The van der Waals surface area contributed by atoms with Crippen LogP contribution in [0.2, 0.25) is 10.0 Å². The van der Waals surface area contributed by atoms with Crippen LogP contribution in [0.1, 0.15) is 57.8 Å². The topological polar surface area (TPSA) is 86.4 Å². The molecule has 4 N–H and O–H groups in total. The van der Waals surface area contributed by atoms with Crippen LogP contribution in [-0.4, -0.2) is 45.8 Å². The Balaban J connectivity index is 1.63. The molecule has 0 radical (unpaired) electrons. The van der Waals surface area contributed by atoms with E-state index in [1.54, 1.807) is 31.2 Å². The number of amides is 1. The number of piperidine rings is 1. The Bertz CT molecular complexity index is 1190. The van der Waals surface area contributed by atoms with Crippen molar-refractivity contribution in [1.82, 2.24) is 15.6 Å². The van der Waals surface area contributed by atoms with E-state index in [1.165, 1.54) is 0 Å². The van der Waals surface area contributed by atoms with E-state index in [0.717, 1.165) is 35.0 Å². The lowest BCUT2D eigenvalue weighted by molar-refractivity contribution is 0.0872. The molecule has 2 heterocycles. The Morgan fingerprint density at radius 1 is 1.11 bits per heavy atom. The summed E-state index contributed by atoms with van der Waals surface area (Å²) in [5.41, 5.74) is 2.77. The van der Waals surface area contributed by atoms with Crippen molar-refractivity contribution < 1.29 is 14.6 Å². The van der Waals surface area contributed by atoms with Crippen LogP contribution in [0, 0.1) is 0 Å². The van der Waals surface area contributed by atoms with Gasteiger partial charge in [-0.1, -0.05) is 23.2 Å². The van der Waals surface area contributed by atoms with Gasteiger partial charge in [0.05, 0.1) is 21.8 Å². The summed E-state index contributed by atoms with van der Waals surface area (Å²) in [5, 5.41) is 18.5. The van der Waals surface area contributed by atoms with Gasteiger partial charge in [-0.3, -0.25) is 4.79 Å². The summed E-state index contributed by atoms with van der Waals surface area (Å²) in [5.74, 6) is 0.362. The molecule has 2 aromatic carbocycles. The zero-order valence-corrected chi connectivity index (χ0v) is 22.3. The van der Waals surface area contributed by atoms with Crippen molar-refractivity contribution >= 4 is 40.0 Å². The minimum absolute atomic E-state index is 0.0541. The molecule has 4 rings (SSSR count). The van der Waals surface area contributed by atoms with Crippen molar-refractivity contribution in [3.05, 3.63) is 52.0 Å². The summed E-state index contributed by atoms with van der Waals surface area (Å²) < 4.78 is 5.93. The number of aliphatic hydroxyl groups excluding tert-OH is 1. The predicted octanol–water partition coefficient (Wildman–Crippen LogP) is 5.94. The summed E-state index contributed by atoms with van der Waals surface area (Å²) in [6, 6.07) is 11.0. The molecule has 1 amide bonds. The van der Waals surface area contributed by atoms with Gasteiger partial charge in [0.2, 0.25) is 0 Å². The molecular weight excluding hydrogens is 485 g/mol. The van der Waals surface area contributed by atoms with Crippen LogP contribution in [0.15, 0.2) is 36.4 Å². The molecule has 1 unspecified atom stereocenters. The zero-order chi connectivity index (χ0) is 25.5. The van der Waals surface area contributed by atoms with Gasteiger partial charge in [-0.2, -0.15) is 0 Å². The smallest absolute Gasteiger partial charge is 0.251 e. The van der Waals surface area contributed by atoms with Crippen LogP contribution in [0.25, 0.3) is 22.2 Å². The van der Waals surface area contributed by atoms with Gasteiger partial charge in [-0.25, -0.2) is 0 Å². The molecule has 0 aliphatic carbocycles. The van der Waals surface area contributed by atoms with E-state index in [1.807, 2.05) is 12.1 Å². The Hall–Kier alpha value is -2.25. The summed E-state index contributed by atoms with van der Waals surface area (Å²) in [6.45, 7) is 10.4. The van der Waals surface area contributed by atoms with Crippen molar-refractivity contribution in [2.45, 2.75) is 70.7 Å². The quantitative estimate of drug-likeness (QED) is 0.325. The number of aromatic nitrogens is 1. The summed E-state index contributed by atoms with van der Waals surface area (Å²) >= 11 is 12.4. The van der Waals surface area contributed by atoms with Crippen molar-refractivity contribution in [3.8, 4) is 17.0 Å². The normalized spacial score (nSPS) is 18.4. The molecule has 1 fully saturated rings. The molecule has 1 aliphatic rings. The van der Waals surface area contributed by atoms with Gasteiger partial charge < -0.3 is 25.5 Å². The third-order valence-corrected chi connectivity index (χ3v) is 6.92. The number of rotatable bonds is 6. The number of halogens is 2. The van der Waals surface area contributed by atoms with E-state index >= 15 is 0 Å². The van der Waals surface area contributed by atoms with E-state index in [4.69, 9.17) is 27.9 Å². The first-order chi connectivity index (χ1) is 16.3. The molecule has 35 heavy (non-hydrogen) atoms. The lowest BCUT2D eigenvalue weighted by Gasteiger charge is -2.46. The maximum absolute atomic E-state index is 13.2. The predicted molar refractivity (Wildman–Crippen MR) is 143 cm³/mol. The first-order valence-corrected chi connectivity index (χ1v) is 12.6. The molecule has 1 aliphatic heterocycles. The minimum Gasteiger partial charge on any atom is -0.490 e. The average Bonchev–Trinajstić information content (AvgIpc) is 3.12. The molecule has 0 spiro atoms. The Morgan fingerprint density at radius 3 is 2.43 bits per heavy atom. The second-order valence-electron chi connectivity index (χ2n) is 10.9. The first kappa shape index (κ1) is 25.8. The summed E-state index contributed by atoms with van der Waals surface area (Å²) in [4.78, 5) is 16.6. The number of H-pyrrole nitrogens is 1. The first-order valence-electron chi connectivity index (χ1n) is 11.9. The molecule has 1 atom stereocenters. The van der Waals surface area contributed by atoms with Crippen molar-refractivity contribution in [1.29, 1.82) is 0 Å².